The monoisotopic (exact) mass is 232 g/mol. The molecule has 0 atom stereocenters. The first-order chi connectivity index (χ1) is 8.24. The molecule has 5 nitrogen and oxygen atoms in total. The van der Waals surface area contributed by atoms with Crippen LogP contribution >= 0.6 is 0 Å². The number of nitrogens with one attached hydrogen (secondary N) is 1. The maximum Gasteiger partial charge on any atom is 0.405 e. The number of aromatic nitrogens is 1. The van der Waals surface area contributed by atoms with Gasteiger partial charge in [0.05, 0.1) is 12.7 Å². The fourth-order valence-corrected chi connectivity index (χ4v) is 1.46. The third kappa shape index (κ3) is 3.34. The first-order valence-corrected chi connectivity index (χ1v) is 5.18. The lowest BCUT2D eigenvalue weighted by molar-refractivity contribution is 0.192. The minimum absolute atomic E-state index is 0.0874. The molecule has 0 spiro atoms. The highest BCUT2D eigenvalue weighted by Crippen LogP contribution is 2.10. The van der Waals surface area contributed by atoms with Gasteiger partial charge in [-0.3, -0.25) is 0 Å². The molecule has 2 aromatic rings. The van der Waals surface area contributed by atoms with Gasteiger partial charge in [-0.05, 0) is 5.56 Å². The molecule has 88 valence electrons. The van der Waals surface area contributed by atoms with Crippen LogP contribution in [0.25, 0.3) is 0 Å². The van der Waals surface area contributed by atoms with E-state index in [0.717, 1.165) is 11.3 Å². The second kappa shape index (κ2) is 5.16. The molecule has 0 saturated heterocycles. The van der Waals surface area contributed by atoms with Gasteiger partial charge < -0.3 is 14.8 Å². The minimum atomic E-state index is -1.09. The first-order valence-electron chi connectivity index (χ1n) is 5.18. The number of oxazole rings is 1. The van der Waals surface area contributed by atoms with Crippen LogP contribution in [0.2, 0.25) is 0 Å². The molecule has 0 radical (unpaired) electrons. The second-order valence-corrected chi connectivity index (χ2v) is 3.54. The number of nitrogens with zero attached hydrogens (tertiary/aromatic N) is 1. The third-order valence-corrected chi connectivity index (χ3v) is 2.21. The van der Waals surface area contributed by atoms with E-state index < -0.39 is 6.09 Å². The van der Waals surface area contributed by atoms with E-state index in [1.54, 1.807) is 6.20 Å². The average Bonchev–Trinajstić information content (AvgIpc) is 2.75. The highest BCUT2D eigenvalue weighted by atomic mass is 16.4. The van der Waals surface area contributed by atoms with Crippen molar-refractivity contribution in [3.8, 4) is 0 Å². The zero-order valence-corrected chi connectivity index (χ0v) is 9.09. The Labute approximate surface area is 98.1 Å². The van der Waals surface area contributed by atoms with E-state index in [1.807, 2.05) is 30.3 Å². The van der Waals surface area contributed by atoms with Crippen molar-refractivity contribution in [1.29, 1.82) is 0 Å². The van der Waals surface area contributed by atoms with Crippen molar-refractivity contribution < 1.29 is 14.3 Å². The Morgan fingerprint density at radius 2 is 2.12 bits per heavy atom. The molecular weight excluding hydrogens is 220 g/mol. The lowest BCUT2D eigenvalue weighted by Crippen LogP contribution is -2.19. The molecule has 17 heavy (non-hydrogen) atoms. The van der Waals surface area contributed by atoms with Gasteiger partial charge in [-0.25, -0.2) is 9.78 Å². The summed E-state index contributed by atoms with van der Waals surface area (Å²) in [5.74, 6) is 1.09. The number of amides is 1. The first kappa shape index (κ1) is 11.2. The summed E-state index contributed by atoms with van der Waals surface area (Å²) in [6.45, 7) is 0.0874. The average molecular weight is 232 g/mol. The van der Waals surface area contributed by atoms with Crippen LogP contribution in [0.1, 0.15) is 17.2 Å². The van der Waals surface area contributed by atoms with Gasteiger partial charge in [0.2, 0.25) is 5.89 Å². The van der Waals surface area contributed by atoms with Gasteiger partial charge in [0, 0.05) is 6.42 Å². The van der Waals surface area contributed by atoms with Gasteiger partial charge in [-0.15, -0.1) is 0 Å². The molecular formula is C12H12N2O3. The SMILES string of the molecule is O=C(O)NCc1ncc(Cc2ccccc2)o1. The van der Waals surface area contributed by atoms with Crippen molar-refractivity contribution in [1.82, 2.24) is 10.3 Å². The largest absolute Gasteiger partial charge is 0.465 e. The fourth-order valence-electron chi connectivity index (χ4n) is 1.46. The molecule has 0 fully saturated rings. The summed E-state index contributed by atoms with van der Waals surface area (Å²) >= 11 is 0. The zero-order valence-electron chi connectivity index (χ0n) is 9.09. The third-order valence-electron chi connectivity index (χ3n) is 2.21. The van der Waals surface area contributed by atoms with Gasteiger partial charge in [-0.2, -0.15) is 0 Å². The second-order valence-electron chi connectivity index (χ2n) is 3.54. The number of rotatable bonds is 4. The highest BCUT2D eigenvalue weighted by Gasteiger charge is 2.05. The topological polar surface area (TPSA) is 75.4 Å². The summed E-state index contributed by atoms with van der Waals surface area (Å²) in [7, 11) is 0. The quantitative estimate of drug-likeness (QED) is 0.845. The molecule has 2 N–H and O–H groups in total. The van der Waals surface area contributed by atoms with Gasteiger partial charge >= 0.3 is 6.09 Å². The molecule has 0 aliphatic rings. The van der Waals surface area contributed by atoms with E-state index in [1.165, 1.54) is 0 Å². The Balaban J connectivity index is 1.97. The number of hydrogen-bond acceptors (Lipinski definition) is 3. The van der Waals surface area contributed by atoms with Crippen LogP contribution in [0.4, 0.5) is 4.79 Å². The van der Waals surface area contributed by atoms with Gasteiger partial charge in [0.1, 0.15) is 5.76 Å². The van der Waals surface area contributed by atoms with E-state index in [9.17, 15) is 4.79 Å². The molecule has 2 rings (SSSR count). The van der Waals surface area contributed by atoms with E-state index in [4.69, 9.17) is 9.52 Å². The summed E-state index contributed by atoms with van der Waals surface area (Å²) in [6.07, 6.45) is 1.18. The Morgan fingerprint density at radius 1 is 1.35 bits per heavy atom. The van der Waals surface area contributed by atoms with Crippen LogP contribution in [0.5, 0.6) is 0 Å². The van der Waals surface area contributed by atoms with Crippen LogP contribution in [0.3, 0.4) is 0 Å². The Kier molecular flexibility index (Phi) is 3.40. The van der Waals surface area contributed by atoms with E-state index in [-0.39, 0.29) is 6.54 Å². The van der Waals surface area contributed by atoms with Gasteiger partial charge in [-0.1, -0.05) is 30.3 Å². The summed E-state index contributed by atoms with van der Waals surface area (Å²) in [5, 5.41) is 10.6. The normalized spacial score (nSPS) is 10.1. The van der Waals surface area contributed by atoms with Crippen molar-refractivity contribution in [3.63, 3.8) is 0 Å². The standard InChI is InChI=1S/C12H12N2O3/c15-12(16)14-8-11-13-7-10(17-11)6-9-4-2-1-3-5-9/h1-5,7,14H,6,8H2,(H,15,16). The number of carbonyl (C=O) groups is 1. The molecule has 1 aromatic carbocycles. The van der Waals surface area contributed by atoms with Crippen LogP contribution in [-0.4, -0.2) is 16.2 Å². The molecule has 0 saturated carbocycles. The molecule has 1 aromatic heterocycles. The van der Waals surface area contributed by atoms with Crippen molar-refractivity contribution in [2.45, 2.75) is 13.0 Å². The molecule has 0 unspecified atom stereocenters. The van der Waals surface area contributed by atoms with Crippen LogP contribution in [0.15, 0.2) is 40.9 Å². The number of carboxylic acid groups (broad SMARTS) is 1. The fraction of sp³-hybridized carbons (Fsp3) is 0.167. The van der Waals surface area contributed by atoms with Crippen LogP contribution < -0.4 is 5.32 Å². The smallest absolute Gasteiger partial charge is 0.405 e. The number of hydrogen-bond donors (Lipinski definition) is 2. The lowest BCUT2D eigenvalue weighted by atomic mass is 10.1. The van der Waals surface area contributed by atoms with Crippen LogP contribution in [-0.2, 0) is 13.0 Å². The van der Waals surface area contributed by atoms with Gasteiger partial charge in [0.25, 0.3) is 0 Å². The van der Waals surface area contributed by atoms with E-state index in [0.29, 0.717) is 12.3 Å². The summed E-state index contributed by atoms with van der Waals surface area (Å²) in [6, 6.07) is 9.86. The zero-order chi connectivity index (χ0) is 12.1. The molecule has 5 heteroatoms. The Hall–Kier alpha value is -2.30. The highest BCUT2D eigenvalue weighted by molar-refractivity contribution is 5.64. The van der Waals surface area contributed by atoms with Crippen molar-refractivity contribution in [2.75, 3.05) is 0 Å². The van der Waals surface area contributed by atoms with Crippen molar-refractivity contribution >= 4 is 6.09 Å². The molecule has 0 bridgehead atoms. The van der Waals surface area contributed by atoms with Crippen LogP contribution in [0, 0.1) is 0 Å². The summed E-state index contributed by atoms with van der Waals surface area (Å²) in [4.78, 5) is 14.3. The van der Waals surface area contributed by atoms with Crippen molar-refractivity contribution in [2.24, 2.45) is 0 Å². The predicted octanol–water partition coefficient (Wildman–Crippen LogP) is 2.03. The molecule has 0 aliphatic carbocycles. The van der Waals surface area contributed by atoms with E-state index in [2.05, 4.69) is 10.3 Å². The molecule has 1 heterocycles. The number of benzene rings is 1. The predicted molar refractivity (Wildman–Crippen MR) is 60.6 cm³/mol. The molecule has 1 amide bonds. The lowest BCUT2D eigenvalue weighted by Gasteiger charge is -1.97. The maximum absolute atomic E-state index is 10.3. The Bertz CT molecular complexity index is 493. The van der Waals surface area contributed by atoms with Crippen molar-refractivity contribution in [3.05, 3.63) is 53.7 Å². The van der Waals surface area contributed by atoms with Gasteiger partial charge in [0.15, 0.2) is 0 Å². The minimum Gasteiger partial charge on any atom is -0.465 e. The van der Waals surface area contributed by atoms with E-state index >= 15 is 0 Å². The summed E-state index contributed by atoms with van der Waals surface area (Å²) < 4.78 is 5.40. The summed E-state index contributed by atoms with van der Waals surface area (Å²) in [5.41, 5.74) is 1.13. The molecule has 0 aliphatic heterocycles. The Morgan fingerprint density at radius 3 is 2.82 bits per heavy atom. The maximum atomic E-state index is 10.3.